The minimum Gasteiger partial charge on any atom is -0.399 e. The third kappa shape index (κ3) is 3.59. The quantitative estimate of drug-likeness (QED) is 0.245. The summed E-state index contributed by atoms with van der Waals surface area (Å²) in [5, 5.41) is 53.4. The van der Waals surface area contributed by atoms with Crippen molar-refractivity contribution in [1.29, 1.82) is 0 Å². The summed E-state index contributed by atoms with van der Waals surface area (Å²) in [6.07, 6.45) is -6.48. The summed E-state index contributed by atoms with van der Waals surface area (Å²) in [5.74, 6) is 0. The van der Waals surface area contributed by atoms with Crippen LogP contribution in [-0.2, 0) is 0 Å². The first-order valence-corrected chi connectivity index (χ1v) is 3.93. The second-order valence-corrected chi connectivity index (χ2v) is 2.96. The second kappa shape index (κ2) is 5.53. The fourth-order valence-corrected chi connectivity index (χ4v) is 0.823. The van der Waals surface area contributed by atoms with Crippen LogP contribution in [0.1, 0.15) is 0 Å². The van der Waals surface area contributed by atoms with Gasteiger partial charge in [0.05, 0.1) is 6.61 Å². The average molecular weight is 194 g/mol. The van der Waals surface area contributed by atoms with Gasteiger partial charge in [-0.1, -0.05) is 0 Å². The van der Waals surface area contributed by atoms with Gasteiger partial charge in [0.2, 0.25) is 0 Å². The maximum Gasteiger partial charge on any atom is 0.142 e. The molecule has 0 fully saturated rings. The molecule has 1 unspecified atom stereocenters. The van der Waals surface area contributed by atoms with Gasteiger partial charge in [-0.05, 0) is 0 Å². The van der Waals surface area contributed by atoms with E-state index in [1.807, 2.05) is 0 Å². The number of aliphatic hydroxyl groups is 6. The number of hydrogen-bond acceptors (Lipinski definition) is 6. The molecule has 0 heterocycles. The zero-order chi connectivity index (χ0) is 10.6. The van der Waals surface area contributed by atoms with E-state index in [1.54, 1.807) is 0 Å². The van der Waals surface area contributed by atoms with Crippen LogP contribution in [0.25, 0.3) is 0 Å². The van der Waals surface area contributed by atoms with Crippen molar-refractivity contribution in [2.24, 2.45) is 0 Å². The Kier molecular flexibility index (Phi) is 5.46. The van der Waals surface area contributed by atoms with Gasteiger partial charge in [-0.2, -0.15) is 0 Å². The molecule has 0 aromatic rings. The second-order valence-electron chi connectivity index (χ2n) is 2.96. The zero-order valence-corrected chi connectivity index (χ0v) is 7.28. The highest BCUT2D eigenvalue weighted by Crippen LogP contribution is 2.06. The fourth-order valence-electron chi connectivity index (χ4n) is 0.823. The van der Waals surface area contributed by atoms with E-state index in [0.717, 1.165) is 0 Å². The van der Waals surface area contributed by atoms with Gasteiger partial charge < -0.3 is 30.6 Å². The van der Waals surface area contributed by atoms with Crippen LogP contribution in [0.5, 0.6) is 0 Å². The molecule has 0 radical (unpaired) electrons. The number of hydrogen-bond donors (Lipinski definition) is 6. The van der Waals surface area contributed by atoms with Crippen molar-refractivity contribution in [3.05, 3.63) is 0 Å². The van der Waals surface area contributed by atoms with Crippen LogP contribution in [0.2, 0.25) is 0 Å². The molecule has 0 aromatic heterocycles. The van der Waals surface area contributed by atoms with Gasteiger partial charge in [0.25, 0.3) is 0 Å². The van der Waals surface area contributed by atoms with Crippen LogP contribution in [0, 0.1) is 0 Å². The normalized spacial score (nSPS) is 23.2. The summed E-state index contributed by atoms with van der Waals surface area (Å²) in [6.45, 7) is -0.731. The van der Waals surface area contributed by atoms with E-state index in [1.165, 1.54) is 7.85 Å². The highest BCUT2D eigenvalue weighted by molar-refractivity contribution is 6.11. The molecule has 0 aromatic carbocycles. The van der Waals surface area contributed by atoms with Gasteiger partial charge in [-0.3, -0.25) is 0 Å². The molecule has 6 N–H and O–H groups in total. The third-order valence-corrected chi connectivity index (χ3v) is 1.78. The molecule has 78 valence electrons. The van der Waals surface area contributed by atoms with E-state index in [-0.39, 0.29) is 0 Å². The van der Waals surface area contributed by atoms with Crippen molar-refractivity contribution in [3.8, 4) is 0 Å². The third-order valence-electron chi connectivity index (χ3n) is 1.78. The molecule has 0 aliphatic rings. The minimum absolute atomic E-state index is 0.731. The smallest absolute Gasteiger partial charge is 0.142 e. The van der Waals surface area contributed by atoms with Gasteiger partial charge in [0.15, 0.2) is 0 Å². The molecule has 0 rings (SSSR count). The van der Waals surface area contributed by atoms with Crippen LogP contribution in [-0.4, -0.2) is 75.5 Å². The standard InChI is InChI=1S/C6H15BO6/c7-6(13)5(12)4(11)3(10)2(9)1-8/h2-6,8-13H,1,7H2/t2-,3-,4+,5-,6?/m1/s1. The molecule has 0 bridgehead atoms. The van der Waals surface area contributed by atoms with Crippen molar-refractivity contribution in [1.82, 2.24) is 0 Å². The first kappa shape index (κ1) is 12.8. The van der Waals surface area contributed by atoms with Crippen molar-refractivity contribution in [3.63, 3.8) is 0 Å². The lowest BCUT2D eigenvalue weighted by Crippen LogP contribution is -2.50. The largest absolute Gasteiger partial charge is 0.399 e. The summed E-state index contributed by atoms with van der Waals surface area (Å²) in [4.78, 5) is 0. The topological polar surface area (TPSA) is 121 Å². The molecule has 0 saturated heterocycles. The zero-order valence-electron chi connectivity index (χ0n) is 7.28. The van der Waals surface area contributed by atoms with Gasteiger partial charge in [-0.15, -0.1) is 0 Å². The minimum atomic E-state index is -1.69. The van der Waals surface area contributed by atoms with E-state index in [2.05, 4.69) is 0 Å². The SMILES string of the molecule is BC(O)[C@H](O)[C@@H](O)[C@H](O)[C@H](O)CO. The lowest BCUT2D eigenvalue weighted by atomic mass is 9.88. The predicted molar refractivity (Wildman–Crippen MR) is 45.7 cm³/mol. The lowest BCUT2D eigenvalue weighted by Gasteiger charge is -2.27. The van der Waals surface area contributed by atoms with Crippen molar-refractivity contribution in [2.45, 2.75) is 30.4 Å². The van der Waals surface area contributed by atoms with Gasteiger partial charge in [-0.25, -0.2) is 0 Å². The molecule has 0 saturated carbocycles. The van der Waals surface area contributed by atoms with Crippen LogP contribution in [0.3, 0.4) is 0 Å². The van der Waals surface area contributed by atoms with Crippen molar-refractivity contribution < 1.29 is 30.6 Å². The Morgan fingerprint density at radius 1 is 0.846 bits per heavy atom. The van der Waals surface area contributed by atoms with Crippen LogP contribution in [0.15, 0.2) is 0 Å². The van der Waals surface area contributed by atoms with Crippen LogP contribution >= 0.6 is 0 Å². The maximum absolute atomic E-state index is 9.13. The Morgan fingerprint density at radius 2 is 1.31 bits per heavy atom. The summed E-state index contributed by atoms with van der Waals surface area (Å²) in [5.41, 5.74) is 0. The summed E-state index contributed by atoms with van der Waals surface area (Å²) < 4.78 is 0. The summed E-state index contributed by atoms with van der Waals surface area (Å²) >= 11 is 0. The molecule has 7 heteroatoms. The monoisotopic (exact) mass is 194 g/mol. The van der Waals surface area contributed by atoms with Crippen molar-refractivity contribution in [2.75, 3.05) is 6.61 Å². The molecule has 0 amide bonds. The molecular formula is C6H15BO6. The Labute approximate surface area is 76.5 Å². The lowest BCUT2D eigenvalue weighted by molar-refractivity contribution is -0.129. The predicted octanol–water partition coefficient (Wildman–Crippen LogP) is -4.63. The van der Waals surface area contributed by atoms with E-state index < -0.39 is 37.0 Å². The highest BCUT2D eigenvalue weighted by Gasteiger charge is 2.31. The summed E-state index contributed by atoms with van der Waals surface area (Å²) in [6, 6.07) is -1.23. The Balaban J connectivity index is 4.15. The van der Waals surface area contributed by atoms with Crippen LogP contribution < -0.4 is 0 Å². The molecule has 5 atom stereocenters. The van der Waals surface area contributed by atoms with E-state index >= 15 is 0 Å². The molecular weight excluding hydrogens is 179 g/mol. The maximum atomic E-state index is 9.13. The Bertz CT molecular complexity index is 143. The van der Waals surface area contributed by atoms with Crippen molar-refractivity contribution >= 4 is 7.85 Å². The van der Waals surface area contributed by atoms with E-state index in [9.17, 15) is 0 Å². The average Bonchev–Trinajstić information content (AvgIpc) is 2.12. The molecule has 6 nitrogen and oxygen atoms in total. The van der Waals surface area contributed by atoms with Gasteiger partial charge >= 0.3 is 0 Å². The fraction of sp³-hybridized carbons (Fsp3) is 1.00. The highest BCUT2D eigenvalue weighted by atomic mass is 16.4. The Hall–Kier alpha value is -0.175. The molecule has 0 aliphatic carbocycles. The summed E-state index contributed by atoms with van der Waals surface area (Å²) in [7, 11) is 1.23. The molecule has 13 heavy (non-hydrogen) atoms. The number of aliphatic hydroxyl groups excluding tert-OH is 6. The molecule has 0 aliphatic heterocycles. The van der Waals surface area contributed by atoms with Crippen LogP contribution in [0.4, 0.5) is 0 Å². The van der Waals surface area contributed by atoms with Gasteiger partial charge in [0.1, 0.15) is 32.3 Å². The molecule has 0 spiro atoms. The van der Waals surface area contributed by atoms with E-state index in [4.69, 9.17) is 30.6 Å². The van der Waals surface area contributed by atoms with E-state index in [0.29, 0.717) is 0 Å². The number of rotatable bonds is 5. The first-order chi connectivity index (χ1) is 5.91. The van der Waals surface area contributed by atoms with Gasteiger partial charge in [0, 0.05) is 6.00 Å². The first-order valence-electron chi connectivity index (χ1n) is 3.93. The Morgan fingerprint density at radius 3 is 1.62 bits per heavy atom.